The van der Waals surface area contributed by atoms with E-state index in [2.05, 4.69) is 40.1 Å². The molecular formula is C22H29N3O2. The molecule has 0 bridgehead atoms. The van der Waals surface area contributed by atoms with Crippen molar-refractivity contribution >= 4 is 5.91 Å². The Labute approximate surface area is 162 Å². The van der Waals surface area contributed by atoms with E-state index in [0.717, 1.165) is 44.0 Å². The molecule has 1 fully saturated rings. The molecule has 0 N–H and O–H groups in total. The number of carbonyl (C=O) groups is 1. The first-order valence-corrected chi connectivity index (χ1v) is 9.49. The van der Waals surface area contributed by atoms with Gasteiger partial charge in [0, 0.05) is 46.3 Å². The van der Waals surface area contributed by atoms with Gasteiger partial charge in [0.2, 0.25) is 5.91 Å². The molecule has 1 heterocycles. The summed E-state index contributed by atoms with van der Waals surface area (Å²) in [6.07, 6.45) is 0. The quantitative estimate of drug-likeness (QED) is 0.753. The third kappa shape index (κ3) is 5.81. The number of piperazine rings is 1. The van der Waals surface area contributed by atoms with Gasteiger partial charge in [-0.3, -0.25) is 14.6 Å². The Morgan fingerprint density at radius 1 is 0.926 bits per heavy atom. The first-order chi connectivity index (χ1) is 13.1. The zero-order valence-corrected chi connectivity index (χ0v) is 16.3. The lowest BCUT2D eigenvalue weighted by molar-refractivity contribution is -0.132. The van der Waals surface area contributed by atoms with Crippen LogP contribution in [-0.2, 0) is 17.9 Å². The number of carbonyl (C=O) groups excluding carboxylic acids is 1. The fraction of sp³-hybridized carbons (Fsp3) is 0.409. The van der Waals surface area contributed by atoms with Crippen LogP contribution in [0.4, 0.5) is 0 Å². The lowest BCUT2D eigenvalue weighted by atomic mass is 10.2. The highest BCUT2D eigenvalue weighted by molar-refractivity contribution is 5.78. The summed E-state index contributed by atoms with van der Waals surface area (Å²) in [5.74, 6) is 1.00. The van der Waals surface area contributed by atoms with Crippen LogP contribution in [0, 0.1) is 0 Å². The Balaban J connectivity index is 1.41. The summed E-state index contributed by atoms with van der Waals surface area (Å²) in [6, 6.07) is 18.4. The maximum atomic E-state index is 12.6. The third-order valence-corrected chi connectivity index (χ3v) is 5.08. The van der Waals surface area contributed by atoms with Crippen LogP contribution in [0.25, 0.3) is 0 Å². The summed E-state index contributed by atoms with van der Waals surface area (Å²) in [4.78, 5) is 19.1. The standard InChI is InChI=1S/C22H29N3O2/c1-23(16-20-8-10-21(27-2)11-9-20)22(26)18-25-14-12-24(13-15-25)17-19-6-4-3-5-7-19/h3-11H,12-18H2,1-2H3. The van der Waals surface area contributed by atoms with Crippen LogP contribution in [0.5, 0.6) is 5.75 Å². The SMILES string of the molecule is COc1ccc(CN(C)C(=O)CN2CCN(Cc3ccccc3)CC2)cc1. The third-order valence-electron chi connectivity index (χ3n) is 5.08. The Kier molecular flexibility index (Phi) is 6.85. The number of benzene rings is 2. The van der Waals surface area contributed by atoms with Crippen molar-refractivity contribution in [3.8, 4) is 5.75 Å². The molecule has 0 aromatic heterocycles. The molecule has 27 heavy (non-hydrogen) atoms. The average molecular weight is 367 g/mol. The molecule has 0 atom stereocenters. The fourth-order valence-corrected chi connectivity index (χ4v) is 3.35. The zero-order valence-electron chi connectivity index (χ0n) is 16.3. The van der Waals surface area contributed by atoms with Crippen LogP contribution in [0.2, 0.25) is 0 Å². The topological polar surface area (TPSA) is 36.0 Å². The number of likely N-dealkylation sites (N-methyl/N-ethyl adjacent to an activating group) is 1. The number of ether oxygens (including phenoxy) is 1. The average Bonchev–Trinajstić information content (AvgIpc) is 2.71. The number of nitrogens with zero attached hydrogens (tertiary/aromatic N) is 3. The molecule has 1 aliphatic rings. The molecule has 0 saturated carbocycles. The Morgan fingerprint density at radius 3 is 2.19 bits per heavy atom. The Hall–Kier alpha value is -2.37. The number of rotatable bonds is 7. The molecule has 5 nitrogen and oxygen atoms in total. The van der Waals surface area contributed by atoms with E-state index in [1.165, 1.54) is 5.56 Å². The second-order valence-corrected chi connectivity index (χ2v) is 7.14. The smallest absolute Gasteiger partial charge is 0.236 e. The number of methoxy groups -OCH3 is 1. The lowest BCUT2D eigenvalue weighted by Crippen LogP contribution is -2.49. The second-order valence-electron chi connectivity index (χ2n) is 7.14. The largest absolute Gasteiger partial charge is 0.497 e. The van der Waals surface area contributed by atoms with Gasteiger partial charge in [0.25, 0.3) is 0 Å². The predicted octanol–water partition coefficient (Wildman–Crippen LogP) is 2.47. The highest BCUT2D eigenvalue weighted by Crippen LogP contribution is 2.13. The van der Waals surface area contributed by atoms with E-state index < -0.39 is 0 Å². The Morgan fingerprint density at radius 2 is 1.56 bits per heavy atom. The molecule has 0 radical (unpaired) electrons. The van der Waals surface area contributed by atoms with Crippen LogP contribution < -0.4 is 4.74 Å². The van der Waals surface area contributed by atoms with E-state index in [4.69, 9.17) is 4.74 Å². The van der Waals surface area contributed by atoms with Crippen molar-refractivity contribution in [3.05, 3.63) is 65.7 Å². The van der Waals surface area contributed by atoms with E-state index in [9.17, 15) is 4.79 Å². The molecule has 5 heteroatoms. The maximum Gasteiger partial charge on any atom is 0.236 e. The van der Waals surface area contributed by atoms with Gasteiger partial charge in [0.05, 0.1) is 13.7 Å². The predicted molar refractivity (Wildman–Crippen MR) is 108 cm³/mol. The summed E-state index contributed by atoms with van der Waals surface area (Å²) >= 11 is 0. The molecule has 0 unspecified atom stereocenters. The molecule has 144 valence electrons. The number of hydrogen-bond acceptors (Lipinski definition) is 4. The van der Waals surface area contributed by atoms with Crippen LogP contribution in [-0.4, -0.2) is 67.5 Å². The van der Waals surface area contributed by atoms with E-state index in [0.29, 0.717) is 13.1 Å². The van der Waals surface area contributed by atoms with Gasteiger partial charge < -0.3 is 9.64 Å². The summed E-state index contributed by atoms with van der Waals surface area (Å²) in [5, 5.41) is 0. The van der Waals surface area contributed by atoms with E-state index in [1.54, 1.807) is 12.0 Å². The Bertz CT molecular complexity index is 710. The molecule has 2 aromatic carbocycles. The van der Waals surface area contributed by atoms with Gasteiger partial charge in [-0.15, -0.1) is 0 Å². The van der Waals surface area contributed by atoms with Gasteiger partial charge in [-0.05, 0) is 23.3 Å². The van der Waals surface area contributed by atoms with Crippen molar-refractivity contribution in [3.63, 3.8) is 0 Å². The van der Waals surface area contributed by atoms with Crippen molar-refractivity contribution in [1.29, 1.82) is 0 Å². The highest BCUT2D eigenvalue weighted by atomic mass is 16.5. The molecule has 2 aromatic rings. The molecule has 0 spiro atoms. The summed E-state index contributed by atoms with van der Waals surface area (Å²) in [6.45, 7) is 5.99. The summed E-state index contributed by atoms with van der Waals surface area (Å²) < 4.78 is 5.18. The number of amides is 1. The molecule has 0 aliphatic carbocycles. The van der Waals surface area contributed by atoms with Crippen LogP contribution >= 0.6 is 0 Å². The van der Waals surface area contributed by atoms with Gasteiger partial charge in [-0.2, -0.15) is 0 Å². The van der Waals surface area contributed by atoms with Crippen molar-refractivity contribution in [2.24, 2.45) is 0 Å². The fourth-order valence-electron chi connectivity index (χ4n) is 3.35. The van der Waals surface area contributed by atoms with Crippen molar-refractivity contribution < 1.29 is 9.53 Å². The second kappa shape index (κ2) is 9.53. The van der Waals surface area contributed by atoms with Gasteiger partial charge >= 0.3 is 0 Å². The summed E-state index contributed by atoms with van der Waals surface area (Å²) in [7, 11) is 3.53. The lowest BCUT2D eigenvalue weighted by Gasteiger charge is -2.35. The van der Waals surface area contributed by atoms with E-state index in [1.807, 2.05) is 31.3 Å². The maximum absolute atomic E-state index is 12.6. The van der Waals surface area contributed by atoms with E-state index in [-0.39, 0.29) is 5.91 Å². The van der Waals surface area contributed by atoms with Gasteiger partial charge in [-0.25, -0.2) is 0 Å². The normalized spacial score (nSPS) is 15.5. The minimum Gasteiger partial charge on any atom is -0.497 e. The van der Waals surface area contributed by atoms with Crippen molar-refractivity contribution in [2.45, 2.75) is 13.1 Å². The monoisotopic (exact) mass is 367 g/mol. The van der Waals surface area contributed by atoms with E-state index >= 15 is 0 Å². The van der Waals surface area contributed by atoms with Crippen LogP contribution in [0.15, 0.2) is 54.6 Å². The van der Waals surface area contributed by atoms with Gasteiger partial charge in [-0.1, -0.05) is 42.5 Å². The minimum absolute atomic E-state index is 0.169. The highest BCUT2D eigenvalue weighted by Gasteiger charge is 2.20. The molecule has 3 rings (SSSR count). The number of hydrogen-bond donors (Lipinski definition) is 0. The summed E-state index contributed by atoms with van der Waals surface area (Å²) in [5.41, 5.74) is 2.46. The molecule has 1 saturated heterocycles. The van der Waals surface area contributed by atoms with Gasteiger partial charge in [0.1, 0.15) is 5.75 Å². The molecule has 1 aliphatic heterocycles. The van der Waals surface area contributed by atoms with Crippen molar-refractivity contribution in [2.75, 3.05) is 46.9 Å². The molecule has 1 amide bonds. The van der Waals surface area contributed by atoms with Crippen molar-refractivity contribution in [1.82, 2.24) is 14.7 Å². The van der Waals surface area contributed by atoms with Crippen LogP contribution in [0.3, 0.4) is 0 Å². The minimum atomic E-state index is 0.169. The first-order valence-electron chi connectivity index (χ1n) is 9.49. The zero-order chi connectivity index (χ0) is 19.1. The first kappa shape index (κ1) is 19.4. The van der Waals surface area contributed by atoms with Crippen LogP contribution in [0.1, 0.15) is 11.1 Å². The van der Waals surface area contributed by atoms with Gasteiger partial charge in [0.15, 0.2) is 0 Å². The molecular weight excluding hydrogens is 338 g/mol.